The van der Waals surface area contributed by atoms with Crippen LogP contribution in [0, 0.1) is 27.9 Å². The monoisotopic (exact) mass is 1050 g/mol. The fraction of sp³-hybridized carbons (Fsp3) is 0.569. The van der Waals surface area contributed by atoms with Gasteiger partial charge in [0.25, 0.3) is 0 Å². The van der Waals surface area contributed by atoms with E-state index < -0.39 is 118 Å². The molecule has 6 N–H and O–H groups in total. The van der Waals surface area contributed by atoms with Crippen LogP contribution in [0.25, 0.3) is 0 Å². The van der Waals surface area contributed by atoms with Gasteiger partial charge < -0.3 is 46.6 Å². The first-order valence-electron chi connectivity index (χ1n) is 26.9. The Balaban J connectivity index is 1.21. The summed E-state index contributed by atoms with van der Waals surface area (Å²) in [4.78, 5) is 106. The lowest BCUT2D eigenvalue weighted by molar-refractivity contribution is -0.153. The van der Waals surface area contributed by atoms with Crippen molar-refractivity contribution in [3.8, 4) is 0 Å². The molecular formula is C58H79F2N9O7. The summed E-state index contributed by atoms with van der Waals surface area (Å²) < 4.78 is 31.0. The zero-order chi connectivity index (χ0) is 55.6. The molecule has 76 heavy (non-hydrogen) atoms. The van der Waals surface area contributed by atoms with Crippen molar-refractivity contribution >= 4 is 41.4 Å². The number of hydrogen-bond donors (Lipinski definition) is 6. The molecule has 3 aromatic carbocycles. The maximum absolute atomic E-state index is 15.9. The first-order valence-corrected chi connectivity index (χ1v) is 26.9. The third kappa shape index (κ3) is 12.4. The minimum Gasteiger partial charge on any atom is -0.351 e. The van der Waals surface area contributed by atoms with Crippen molar-refractivity contribution in [2.24, 2.45) is 16.2 Å². The molecule has 2 aliphatic carbocycles. The van der Waals surface area contributed by atoms with Crippen molar-refractivity contribution in [1.29, 1.82) is 0 Å². The fourth-order valence-corrected chi connectivity index (χ4v) is 10.9. The standard InChI is InChI=1S/C58H79F2N9O7/c1-33(61-10)49(70)65-47(56(4,5)6)53(74)67-30-38-20-13-12-19-37(38)28-45(67)52(73)69(35(3)40-23-17-24-42(59)46(40)60)32-58(26-27-58)55(76)63-39-29-44(51(72)64-43-25-16-21-36-18-14-15-22-41(36)43)68(31-39)54(75)48(57(7,8)9)66-50(71)34(2)62-11/h12-15,17-20,22-24,33-35,39,43-45,47-48,61-62H,16,21,25-32H2,1-11H3,(H,63,76)(H,64,72)(H,65,70)(H,66,71)/t33?,34?,35-,39+,43-,44+,45?,47?,48?/m1/s1. The first-order chi connectivity index (χ1) is 35.8. The van der Waals surface area contributed by atoms with Crippen LogP contribution in [0.15, 0.2) is 66.7 Å². The highest BCUT2D eigenvalue weighted by molar-refractivity contribution is 5.96. The number of fused-ring (bicyclic) bond motifs is 2. The number of likely N-dealkylation sites (tertiary alicyclic amines) is 1. The van der Waals surface area contributed by atoms with Crippen LogP contribution in [0.2, 0.25) is 0 Å². The summed E-state index contributed by atoms with van der Waals surface area (Å²) in [6, 6.07) is 11.4. The first kappa shape index (κ1) is 57.4. The van der Waals surface area contributed by atoms with E-state index >= 15 is 23.2 Å². The summed E-state index contributed by atoms with van der Waals surface area (Å²) in [5, 5.41) is 18.0. The molecule has 7 amide bonds. The normalized spacial score (nSPS) is 21.9. The highest BCUT2D eigenvalue weighted by atomic mass is 19.2. The zero-order valence-corrected chi connectivity index (χ0v) is 46.1. The molecule has 412 valence electrons. The number of likely N-dealkylation sites (N-methyl/N-ethyl adjacent to an activating group) is 2. The molecule has 2 aliphatic heterocycles. The van der Waals surface area contributed by atoms with Gasteiger partial charge in [-0.1, -0.05) is 102 Å². The molecule has 7 rings (SSSR count). The predicted octanol–water partition coefficient (Wildman–Crippen LogP) is 5.15. The van der Waals surface area contributed by atoms with Crippen molar-refractivity contribution in [2.45, 2.75) is 168 Å². The number of benzene rings is 3. The van der Waals surface area contributed by atoms with Gasteiger partial charge in [-0.15, -0.1) is 0 Å². The van der Waals surface area contributed by atoms with Crippen LogP contribution < -0.4 is 31.9 Å². The Hall–Kier alpha value is -6.27. The number of carbonyl (C=O) groups is 7. The Morgan fingerprint density at radius 2 is 1.28 bits per heavy atom. The molecule has 2 heterocycles. The van der Waals surface area contributed by atoms with E-state index in [2.05, 4.69) is 31.9 Å². The molecule has 4 aliphatic rings. The lowest BCUT2D eigenvalue weighted by atomic mass is 9.84. The van der Waals surface area contributed by atoms with Gasteiger partial charge in [0, 0.05) is 37.7 Å². The SMILES string of the molecule is CNC(C)C(=O)NC(C(=O)N1Cc2ccccc2CC1C(=O)N(CC1(C(=O)N[C@H]2C[C@@H](C(=O)N[C@@H]3CCCc4ccccc43)N(C(=O)C(NC(=O)C(C)NC)C(C)(C)C)C2)CC1)[C@H](C)c1cccc(F)c1F)C(C)(C)C. The van der Waals surface area contributed by atoms with Crippen molar-refractivity contribution in [2.75, 3.05) is 27.2 Å². The predicted molar refractivity (Wildman–Crippen MR) is 285 cm³/mol. The van der Waals surface area contributed by atoms with Crippen LogP contribution in [0.4, 0.5) is 8.78 Å². The molecule has 0 bridgehead atoms. The number of rotatable bonds is 17. The molecular weight excluding hydrogens is 973 g/mol. The molecule has 9 atom stereocenters. The largest absolute Gasteiger partial charge is 0.351 e. The number of nitrogens with one attached hydrogen (secondary N) is 6. The maximum atomic E-state index is 15.9. The van der Waals surface area contributed by atoms with E-state index in [0.717, 1.165) is 41.2 Å². The second-order valence-electron chi connectivity index (χ2n) is 23.7. The molecule has 2 fully saturated rings. The molecule has 5 unspecified atom stereocenters. The van der Waals surface area contributed by atoms with Gasteiger partial charge in [-0.25, -0.2) is 8.78 Å². The molecule has 0 aromatic heterocycles. The van der Waals surface area contributed by atoms with Gasteiger partial charge in [-0.05, 0) is 113 Å². The summed E-state index contributed by atoms with van der Waals surface area (Å²) in [6.07, 6.45) is 3.19. The molecule has 0 spiro atoms. The molecule has 3 aromatic rings. The molecule has 1 saturated carbocycles. The smallest absolute Gasteiger partial charge is 0.246 e. The average molecular weight is 1050 g/mol. The van der Waals surface area contributed by atoms with Crippen molar-refractivity contribution in [1.82, 2.24) is 46.6 Å². The maximum Gasteiger partial charge on any atom is 0.246 e. The summed E-state index contributed by atoms with van der Waals surface area (Å²) in [5.41, 5.74) is 0.812. The third-order valence-corrected chi connectivity index (χ3v) is 16.2. The molecule has 1 saturated heterocycles. The molecule has 0 radical (unpaired) electrons. The lowest BCUT2D eigenvalue weighted by Crippen LogP contribution is -2.62. The Morgan fingerprint density at radius 1 is 0.711 bits per heavy atom. The zero-order valence-electron chi connectivity index (χ0n) is 46.1. The number of aryl methyl sites for hydroxylation is 1. The van der Waals surface area contributed by atoms with Gasteiger partial charge in [0.1, 0.15) is 24.2 Å². The van der Waals surface area contributed by atoms with Crippen LogP contribution in [0.1, 0.15) is 134 Å². The van der Waals surface area contributed by atoms with Crippen LogP contribution in [-0.4, -0.2) is 126 Å². The van der Waals surface area contributed by atoms with Gasteiger partial charge in [-0.2, -0.15) is 0 Å². The molecule has 16 nitrogen and oxygen atoms in total. The molecule has 18 heteroatoms. The van der Waals surface area contributed by atoms with E-state index in [4.69, 9.17) is 0 Å². The van der Waals surface area contributed by atoms with Gasteiger partial charge in [-0.3, -0.25) is 33.6 Å². The van der Waals surface area contributed by atoms with Crippen LogP contribution in [-0.2, 0) is 52.9 Å². The minimum absolute atomic E-state index is 0.0186. The van der Waals surface area contributed by atoms with E-state index in [-0.39, 0.29) is 44.1 Å². The van der Waals surface area contributed by atoms with E-state index in [1.54, 1.807) is 34.9 Å². The second-order valence-corrected chi connectivity index (χ2v) is 23.7. The Bertz CT molecular complexity index is 2680. The van der Waals surface area contributed by atoms with E-state index in [9.17, 15) is 19.2 Å². The minimum atomic E-state index is -1.23. The second kappa shape index (κ2) is 23.1. The van der Waals surface area contributed by atoms with Gasteiger partial charge in [0.2, 0.25) is 41.4 Å². The van der Waals surface area contributed by atoms with Gasteiger partial charge in [0.15, 0.2) is 11.6 Å². The Labute approximate surface area is 446 Å². The third-order valence-electron chi connectivity index (χ3n) is 16.2. The van der Waals surface area contributed by atoms with Crippen molar-refractivity contribution in [3.05, 3.63) is 106 Å². The highest BCUT2D eigenvalue weighted by Gasteiger charge is 2.55. The summed E-state index contributed by atoms with van der Waals surface area (Å²) in [5.74, 6) is -5.49. The van der Waals surface area contributed by atoms with Gasteiger partial charge in [0.05, 0.1) is 29.6 Å². The number of amides is 7. The topological polar surface area (TPSA) is 201 Å². The van der Waals surface area contributed by atoms with E-state index in [0.29, 0.717) is 19.3 Å². The number of nitrogens with zero attached hydrogens (tertiary/aromatic N) is 3. The van der Waals surface area contributed by atoms with E-state index in [1.807, 2.05) is 90.1 Å². The summed E-state index contributed by atoms with van der Waals surface area (Å²) in [7, 11) is 3.27. The Kier molecular flexibility index (Phi) is 17.5. The van der Waals surface area contributed by atoms with E-state index in [1.165, 1.54) is 26.8 Å². The number of halogens is 2. The van der Waals surface area contributed by atoms with Crippen LogP contribution in [0.5, 0.6) is 0 Å². The number of hydrogen-bond acceptors (Lipinski definition) is 9. The highest BCUT2D eigenvalue weighted by Crippen LogP contribution is 2.49. The number of carbonyl (C=O) groups excluding carboxylic acids is 7. The average Bonchev–Trinajstić information content (AvgIpc) is 4.09. The summed E-state index contributed by atoms with van der Waals surface area (Å²) in [6.45, 7) is 15.6. The van der Waals surface area contributed by atoms with Crippen LogP contribution in [0.3, 0.4) is 0 Å². The van der Waals surface area contributed by atoms with Crippen molar-refractivity contribution < 1.29 is 42.3 Å². The van der Waals surface area contributed by atoms with Crippen molar-refractivity contribution in [3.63, 3.8) is 0 Å². The lowest BCUT2D eigenvalue weighted by Gasteiger charge is -2.44. The van der Waals surface area contributed by atoms with Gasteiger partial charge >= 0.3 is 0 Å². The Morgan fingerprint density at radius 3 is 1.86 bits per heavy atom. The quantitative estimate of drug-likeness (QED) is 0.106. The van der Waals surface area contributed by atoms with Crippen LogP contribution >= 0.6 is 0 Å². The fourth-order valence-electron chi connectivity index (χ4n) is 10.9. The summed E-state index contributed by atoms with van der Waals surface area (Å²) >= 11 is 0.